The van der Waals surface area contributed by atoms with Gasteiger partial charge in [-0.3, -0.25) is 0 Å². The minimum atomic E-state index is -0.477. The second-order valence-electron chi connectivity index (χ2n) is 7.15. The normalized spacial score (nSPS) is 26.6. The fraction of sp³-hybridized carbons (Fsp3) is 0.667. The SMILES string of the molecule is CC(C)C1CCC(Cc2cc(F)cc(F)c2)(N(C)C)CC1. The van der Waals surface area contributed by atoms with Crippen LogP contribution in [0.25, 0.3) is 0 Å². The Morgan fingerprint density at radius 1 is 1.10 bits per heavy atom. The molecule has 0 heterocycles. The first-order chi connectivity index (χ1) is 9.82. The second-order valence-corrected chi connectivity index (χ2v) is 7.15. The van der Waals surface area contributed by atoms with Gasteiger partial charge in [-0.1, -0.05) is 13.8 Å². The quantitative estimate of drug-likeness (QED) is 0.781. The number of hydrogen-bond donors (Lipinski definition) is 0. The summed E-state index contributed by atoms with van der Waals surface area (Å²) in [6, 6.07) is 3.90. The van der Waals surface area contributed by atoms with E-state index in [-0.39, 0.29) is 5.54 Å². The minimum absolute atomic E-state index is 0.0334. The number of likely N-dealkylation sites (N-methyl/N-ethyl adjacent to an activating group) is 1. The van der Waals surface area contributed by atoms with Gasteiger partial charge in [-0.15, -0.1) is 0 Å². The van der Waals surface area contributed by atoms with E-state index in [4.69, 9.17) is 0 Å². The monoisotopic (exact) mass is 295 g/mol. The molecule has 0 unspecified atom stereocenters. The Bertz CT molecular complexity index is 454. The summed E-state index contributed by atoms with van der Waals surface area (Å²) in [5.74, 6) is 0.545. The zero-order valence-electron chi connectivity index (χ0n) is 13.6. The standard InChI is InChI=1S/C18H27F2N/c1-13(2)15-5-7-18(8-6-15,21(3)4)12-14-9-16(19)11-17(20)10-14/h9-11,13,15H,5-8,12H2,1-4H3. The summed E-state index contributed by atoms with van der Waals surface area (Å²) in [7, 11) is 4.18. The summed E-state index contributed by atoms with van der Waals surface area (Å²) in [5, 5.41) is 0. The number of nitrogens with zero attached hydrogens (tertiary/aromatic N) is 1. The highest BCUT2D eigenvalue weighted by Gasteiger charge is 2.38. The summed E-state index contributed by atoms with van der Waals surface area (Å²) in [5.41, 5.74) is 0.801. The van der Waals surface area contributed by atoms with E-state index in [0.717, 1.165) is 42.7 Å². The smallest absolute Gasteiger partial charge is 0.126 e. The van der Waals surface area contributed by atoms with Gasteiger partial charge in [0.25, 0.3) is 0 Å². The van der Waals surface area contributed by atoms with Crippen LogP contribution in [0.1, 0.15) is 45.1 Å². The van der Waals surface area contributed by atoms with E-state index in [9.17, 15) is 8.78 Å². The first kappa shape index (κ1) is 16.4. The number of halogens is 2. The number of benzene rings is 1. The molecular formula is C18H27F2N. The van der Waals surface area contributed by atoms with Gasteiger partial charge >= 0.3 is 0 Å². The fourth-order valence-electron chi connectivity index (χ4n) is 3.72. The van der Waals surface area contributed by atoms with Crippen molar-refractivity contribution < 1.29 is 8.78 Å². The van der Waals surface area contributed by atoms with Crippen LogP contribution in [-0.2, 0) is 6.42 Å². The average molecular weight is 295 g/mol. The predicted octanol–water partition coefficient (Wildman–Crippen LogP) is 4.65. The predicted molar refractivity (Wildman–Crippen MR) is 83.3 cm³/mol. The Labute approximate surface area is 127 Å². The van der Waals surface area contributed by atoms with E-state index in [2.05, 4.69) is 32.8 Å². The first-order valence-corrected chi connectivity index (χ1v) is 7.95. The molecule has 3 heteroatoms. The molecule has 118 valence electrons. The van der Waals surface area contributed by atoms with Crippen LogP contribution in [0.4, 0.5) is 8.78 Å². The lowest BCUT2D eigenvalue weighted by molar-refractivity contribution is 0.0682. The van der Waals surface area contributed by atoms with E-state index < -0.39 is 11.6 Å². The molecule has 0 saturated heterocycles. The van der Waals surface area contributed by atoms with Gasteiger partial charge in [0.05, 0.1) is 0 Å². The van der Waals surface area contributed by atoms with Gasteiger partial charge in [-0.2, -0.15) is 0 Å². The van der Waals surface area contributed by atoms with Crippen LogP contribution in [0.3, 0.4) is 0 Å². The zero-order chi connectivity index (χ0) is 15.6. The number of rotatable bonds is 4. The van der Waals surface area contributed by atoms with Crippen molar-refractivity contribution in [3.05, 3.63) is 35.4 Å². The molecule has 1 aromatic carbocycles. The van der Waals surface area contributed by atoms with Crippen molar-refractivity contribution >= 4 is 0 Å². The van der Waals surface area contributed by atoms with Crippen molar-refractivity contribution in [1.29, 1.82) is 0 Å². The van der Waals surface area contributed by atoms with E-state index in [0.29, 0.717) is 0 Å². The largest absolute Gasteiger partial charge is 0.303 e. The maximum atomic E-state index is 13.4. The summed E-state index contributed by atoms with van der Waals surface area (Å²) >= 11 is 0. The Kier molecular flexibility index (Phi) is 5.03. The van der Waals surface area contributed by atoms with Crippen LogP contribution < -0.4 is 0 Å². The third kappa shape index (κ3) is 3.82. The molecule has 0 aliphatic heterocycles. The van der Waals surface area contributed by atoms with Crippen molar-refractivity contribution in [2.24, 2.45) is 11.8 Å². The molecular weight excluding hydrogens is 268 g/mol. The van der Waals surface area contributed by atoms with Gasteiger partial charge in [0.15, 0.2) is 0 Å². The molecule has 0 aromatic heterocycles. The van der Waals surface area contributed by atoms with Gasteiger partial charge < -0.3 is 4.90 Å². The van der Waals surface area contributed by atoms with Gasteiger partial charge in [0, 0.05) is 11.6 Å². The molecule has 0 N–H and O–H groups in total. The van der Waals surface area contributed by atoms with Crippen LogP contribution in [-0.4, -0.2) is 24.5 Å². The highest BCUT2D eigenvalue weighted by atomic mass is 19.1. The van der Waals surface area contributed by atoms with Crippen LogP contribution in [0.5, 0.6) is 0 Å². The topological polar surface area (TPSA) is 3.24 Å². The van der Waals surface area contributed by atoms with Crippen LogP contribution in [0.15, 0.2) is 18.2 Å². The Morgan fingerprint density at radius 2 is 1.62 bits per heavy atom. The first-order valence-electron chi connectivity index (χ1n) is 7.95. The lowest BCUT2D eigenvalue weighted by atomic mass is 9.70. The van der Waals surface area contributed by atoms with Gasteiger partial charge in [-0.05, 0) is 75.7 Å². The van der Waals surface area contributed by atoms with Gasteiger partial charge in [0.2, 0.25) is 0 Å². The Hall–Kier alpha value is -0.960. The van der Waals surface area contributed by atoms with Gasteiger partial charge in [0.1, 0.15) is 11.6 Å². The summed E-state index contributed by atoms with van der Waals surface area (Å²) in [6.07, 6.45) is 5.32. The molecule has 2 rings (SSSR count). The molecule has 0 radical (unpaired) electrons. The van der Waals surface area contributed by atoms with Crippen LogP contribution in [0.2, 0.25) is 0 Å². The van der Waals surface area contributed by atoms with Crippen molar-refractivity contribution in [1.82, 2.24) is 4.90 Å². The van der Waals surface area contributed by atoms with E-state index in [1.165, 1.54) is 25.0 Å². The van der Waals surface area contributed by atoms with Gasteiger partial charge in [-0.25, -0.2) is 8.78 Å². The summed E-state index contributed by atoms with van der Waals surface area (Å²) in [6.45, 7) is 4.57. The molecule has 0 amide bonds. The molecule has 1 saturated carbocycles. The third-order valence-corrected chi connectivity index (χ3v) is 5.31. The molecule has 1 aliphatic carbocycles. The zero-order valence-corrected chi connectivity index (χ0v) is 13.6. The minimum Gasteiger partial charge on any atom is -0.303 e. The van der Waals surface area contributed by atoms with Crippen LogP contribution in [0, 0.1) is 23.5 Å². The number of hydrogen-bond acceptors (Lipinski definition) is 1. The molecule has 0 spiro atoms. The molecule has 0 bridgehead atoms. The third-order valence-electron chi connectivity index (χ3n) is 5.31. The van der Waals surface area contributed by atoms with Crippen molar-refractivity contribution in [2.45, 2.75) is 51.5 Å². The summed E-state index contributed by atoms with van der Waals surface area (Å²) < 4.78 is 26.8. The Morgan fingerprint density at radius 3 is 2.05 bits per heavy atom. The molecule has 1 fully saturated rings. The van der Waals surface area contributed by atoms with E-state index >= 15 is 0 Å². The Balaban J connectivity index is 2.16. The lowest BCUT2D eigenvalue weighted by Gasteiger charge is -2.46. The van der Waals surface area contributed by atoms with Crippen LogP contribution >= 0.6 is 0 Å². The molecule has 1 nitrogen and oxygen atoms in total. The highest BCUT2D eigenvalue weighted by molar-refractivity contribution is 5.21. The summed E-state index contributed by atoms with van der Waals surface area (Å²) in [4.78, 5) is 2.26. The average Bonchev–Trinajstić information content (AvgIpc) is 2.37. The lowest BCUT2D eigenvalue weighted by Crippen LogP contribution is -2.49. The van der Waals surface area contributed by atoms with E-state index in [1.807, 2.05) is 0 Å². The van der Waals surface area contributed by atoms with E-state index in [1.54, 1.807) is 0 Å². The van der Waals surface area contributed by atoms with Crippen molar-refractivity contribution in [3.8, 4) is 0 Å². The fourth-order valence-corrected chi connectivity index (χ4v) is 3.72. The molecule has 1 aromatic rings. The molecule has 21 heavy (non-hydrogen) atoms. The highest BCUT2D eigenvalue weighted by Crippen LogP contribution is 2.40. The molecule has 1 aliphatic rings. The molecule has 0 atom stereocenters. The van der Waals surface area contributed by atoms with Crippen molar-refractivity contribution in [3.63, 3.8) is 0 Å². The second kappa shape index (κ2) is 6.43. The maximum absolute atomic E-state index is 13.4. The maximum Gasteiger partial charge on any atom is 0.126 e. The van der Waals surface area contributed by atoms with Crippen molar-refractivity contribution in [2.75, 3.05) is 14.1 Å².